The average Bonchev–Trinajstić information content (AvgIpc) is 2.27. The van der Waals surface area contributed by atoms with Crippen LogP contribution in [0.15, 0.2) is 24.3 Å². The van der Waals surface area contributed by atoms with Crippen molar-refractivity contribution < 1.29 is 5.11 Å². The van der Waals surface area contributed by atoms with Crippen LogP contribution in [0.5, 0.6) is 5.75 Å². The summed E-state index contributed by atoms with van der Waals surface area (Å²) in [5, 5.41) is 12.8. The number of phenols is 1. The number of hydrogen-bond donors (Lipinski definition) is 2. The maximum Gasteiger partial charge on any atom is 0.115 e. The summed E-state index contributed by atoms with van der Waals surface area (Å²) in [6.45, 7) is 8.92. The average molecular weight is 235 g/mol. The number of benzene rings is 1. The summed E-state index contributed by atoms with van der Waals surface area (Å²) in [5.74, 6) is 1.09. The van der Waals surface area contributed by atoms with Gasteiger partial charge in [0, 0.05) is 12.1 Å². The monoisotopic (exact) mass is 235 g/mol. The third kappa shape index (κ3) is 5.22. The lowest BCUT2D eigenvalue weighted by Crippen LogP contribution is -2.29. The summed E-state index contributed by atoms with van der Waals surface area (Å²) in [7, 11) is 0. The van der Waals surface area contributed by atoms with E-state index in [-0.39, 0.29) is 0 Å². The highest BCUT2D eigenvalue weighted by Gasteiger charge is 2.09. The molecule has 2 unspecified atom stereocenters. The van der Waals surface area contributed by atoms with Crippen molar-refractivity contribution in [2.24, 2.45) is 5.92 Å². The summed E-state index contributed by atoms with van der Waals surface area (Å²) in [6, 6.07) is 8.29. The maximum absolute atomic E-state index is 9.25. The Bertz CT molecular complexity index is 318. The molecule has 0 amide bonds. The summed E-state index contributed by atoms with van der Waals surface area (Å²) in [4.78, 5) is 0. The molecule has 0 heterocycles. The Morgan fingerprint density at radius 3 is 2.12 bits per heavy atom. The smallest absolute Gasteiger partial charge is 0.115 e. The van der Waals surface area contributed by atoms with E-state index >= 15 is 0 Å². The van der Waals surface area contributed by atoms with Crippen LogP contribution in [0.2, 0.25) is 0 Å². The number of nitrogens with one attached hydrogen (secondary N) is 1. The molecule has 0 saturated heterocycles. The fraction of sp³-hybridized carbons (Fsp3) is 0.600. The predicted molar refractivity (Wildman–Crippen MR) is 73.2 cm³/mol. The van der Waals surface area contributed by atoms with Gasteiger partial charge in [-0.2, -0.15) is 0 Å². The third-order valence-electron chi connectivity index (χ3n) is 3.10. The van der Waals surface area contributed by atoms with Crippen molar-refractivity contribution in [3.63, 3.8) is 0 Å². The SMILES string of the molecule is CC(C)CCC(C)NC(C)c1ccc(O)cc1. The van der Waals surface area contributed by atoms with E-state index in [2.05, 4.69) is 33.0 Å². The quantitative estimate of drug-likeness (QED) is 0.784. The van der Waals surface area contributed by atoms with Gasteiger partial charge in [0.1, 0.15) is 5.75 Å². The van der Waals surface area contributed by atoms with Gasteiger partial charge in [-0.15, -0.1) is 0 Å². The standard InChI is InChI=1S/C15H25NO/c1-11(2)5-6-12(3)16-13(4)14-7-9-15(17)10-8-14/h7-13,16-17H,5-6H2,1-4H3. The van der Waals surface area contributed by atoms with E-state index in [1.807, 2.05) is 12.1 Å². The van der Waals surface area contributed by atoms with Gasteiger partial charge < -0.3 is 10.4 Å². The second-order valence-electron chi connectivity index (χ2n) is 5.35. The van der Waals surface area contributed by atoms with E-state index in [4.69, 9.17) is 0 Å². The molecule has 2 atom stereocenters. The Labute approximate surface area is 105 Å². The zero-order valence-corrected chi connectivity index (χ0v) is 11.4. The highest BCUT2D eigenvalue weighted by molar-refractivity contribution is 5.27. The van der Waals surface area contributed by atoms with Crippen LogP contribution in [0.1, 0.15) is 52.1 Å². The molecule has 0 spiro atoms. The minimum atomic E-state index is 0.328. The Morgan fingerprint density at radius 2 is 1.59 bits per heavy atom. The van der Waals surface area contributed by atoms with Crippen molar-refractivity contribution in [1.29, 1.82) is 0 Å². The van der Waals surface area contributed by atoms with Crippen molar-refractivity contribution in [1.82, 2.24) is 5.32 Å². The molecule has 0 aliphatic rings. The summed E-state index contributed by atoms with van der Waals surface area (Å²) in [6.07, 6.45) is 2.47. The summed E-state index contributed by atoms with van der Waals surface area (Å²) >= 11 is 0. The Kier molecular flexibility index (Phi) is 5.49. The number of phenolic OH excluding ortho intramolecular Hbond substituents is 1. The maximum atomic E-state index is 9.25. The molecule has 2 nitrogen and oxygen atoms in total. The first kappa shape index (κ1) is 14.0. The zero-order chi connectivity index (χ0) is 12.8. The van der Waals surface area contributed by atoms with Crippen LogP contribution < -0.4 is 5.32 Å². The fourth-order valence-electron chi connectivity index (χ4n) is 1.95. The second-order valence-corrected chi connectivity index (χ2v) is 5.35. The van der Waals surface area contributed by atoms with Crippen LogP contribution in [0.4, 0.5) is 0 Å². The molecule has 17 heavy (non-hydrogen) atoms. The number of rotatable bonds is 6. The van der Waals surface area contributed by atoms with Crippen molar-refractivity contribution in [3.8, 4) is 5.75 Å². The van der Waals surface area contributed by atoms with Gasteiger partial charge in [-0.3, -0.25) is 0 Å². The highest BCUT2D eigenvalue weighted by atomic mass is 16.3. The van der Waals surface area contributed by atoms with Gasteiger partial charge in [0.05, 0.1) is 0 Å². The predicted octanol–water partition coefficient (Wildman–Crippen LogP) is 3.87. The lowest BCUT2D eigenvalue weighted by atomic mass is 10.0. The molecule has 0 bridgehead atoms. The van der Waals surface area contributed by atoms with E-state index in [1.54, 1.807) is 12.1 Å². The number of hydrogen-bond acceptors (Lipinski definition) is 2. The van der Waals surface area contributed by atoms with Gasteiger partial charge in [-0.1, -0.05) is 26.0 Å². The molecule has 2 heteroatoms. The largest absolute Gasteiger partial charge is 0.508 e. The lowest BCUT2D eigenvalue weighted by Gasteiger charge is -2.21. The van der Waals surface area contributed by atoms with E-state index in [1.165, 1.54) is 18.4 Å². The fourth-order valence-corrected chi connectivity index (χ4v) is 1.95. The van der Waals surface area contributed by atoms with Gasteiger partial charge in [-0.05, 0) is 50.3 Å². The molecule has 1 aromatic rings. The van der Waals surface area contributed by atoms with Crippen LogP contribution in [0, 0.1) is 5.92 Å². The van der Waals surface area contributed by atoms with Crippen molar-refractivity contribution in [2.75, 3.05) is 0 Å². The van der Waals surface area contributed by atoms with Crippen LogP contribution >= 0.6 is 0 Å². The molecule has 96 valence electrons. The Balaban J connectivity index is 2.42. The third-order valence-corrected chi connectivity index (χ3v) is 3.10. The second kappa shape index (κ2) is 6.65. The minimum Gasteiger partial charge on any atom is -0.508 e. The van der Waals surface area contributed by atoms with Crippen LogP contribution in [0.25, 0.3) is 0 Å². The molecule has 1 aromatic carbocycles. The van der Waals surface area contributed by atoms with Crippen LogP contribution in [0.3, 0.4) is 0 Å². The molecule has 0 fully saturated rings. The van der Waals surface area contributed by atoms with E-state index in [0.717, 1.165) is 5.92 Å². The Morgan fingerprint density at radius 1 is 1.00 bits per heavy atom. The van der Waals surface area contributed by atoms with Gasteiger partial charge >= 0.3 is 0 Å². The first-order valence-corrected chi connectivity index (χ1v) is 6.54. The molecule has 0 aromatic heterocycles. The summed E-state index contributed by atoms with van der Waals surface area (Å²) < 4.78 is 0. The topological polar surface area (TPSA) is 32.3 Å². The normalized spacial score (nSPS) is 14.9. The Hall–Kier alpha value is -1.02. The first-order valence-electron chi connectivity index (χ1n) is 6.54. The van der Waals surface area contributed by atoms with E-state index in [9.17, 15) is 5.11 Å². The molecule has 0 aliphatic carbocycles. The zero-order valence-electron chi connectivity index (χ0n) is 11.4. The molecule has 0 aliphatic heterocycles. The van der Waals surface area contributed by atoms with Crippen LogP contribution in [-0.2, 0) is 0 Å². The molecular weight excluding hydrogens is 210 g/mol. The summed E-state index contributed by atoms with van der Waals surface area (Å²) in [5.41, 5.74) is 1.22. The molecule has 0 radical (unpaired) electrons. The molecule has 1 rings (SSSR count). The van der Waals surface area contributed by atoms with Crippen molar-refractivity contribution in [3.05, 3.63) is 29.8 Å². The molecular formula is C15H25NO. The van der Waals surface area contributed by atoms with E-state index in [0.29, 0.717) is 17.8 Å². The minimum absolute atomic E-state index is 0.328. The van der Waals surface area contributed by atoms with Crippen molar-refractivity contribution in [2.45, 2.75) is 52.6 Å². The molecule has 0 saturated carbocycles. The van der Waals surface area contributed by atoms with Crippen molar-refractivity contribution >= 4 is 0 Å². The van der Waals surface area contributed by atoms with Crippen LogP contribution in [-0.4, -0.2) is 11.1 Å². The van der Waals surface area contributed by atoms with E-state index < -0.39 is 0 Å². The lowest BCUT2D eigenvalue weighted by molar-refractivity contribution is 0.416. The first-order chi connectivity index (χ1) is 7.99. The highest BCUT2D eigenvalue weighted by Crippen LogP contribution is 2.18. The van der Waals surface area contributed by atoms with Gasteiger partial charge in [0.25, 0.3) is 0 Å². The molecule has 2 N–H and O–H groups in total. The number of aromatic hydroxyl groups is 1. The van der Waals surface area contributed by atoms with Gasteiger partial charge in [-0.25, -0.2) is 0 Å². The van der Waals surface area contributed by atoms with Gasteiger partial charge in [0.2, 0.25) is 0 Å². The van der Waals surface area contributed by atoms with Gasteiger partial charge in [0.15, 0.2) is 0 Å².